The number of nitrogens with zero attached hydrogens (tertiary/aromatic N) is 1. The lowest BCUT2D eigenvalue weighted by Crippen LogP contribution is -2.27. The largest absolute Gasteiger partial charge is 0.461 e. The fraction of sp³-hybridized carbons (Fsp3) is 0.500. The first kappa shape index (κ1) is 14.2. The summed E-state index contributed by atoms with van der Waals surface area (Å²) in [5.41, 5.74) is 0.910. The molecule has 1 aromatic heterocycles. The fourth-order valence-corrected chi connectivity index (χ4v) is 3.61. The molecule has 0 radical (unpaired) electrons. The van der Waals surface area contributed by atoms with Crippen LogP contribution in [0.1, 0.15) is 56.0 Å². The summed E-state index contributed by atoms with van der Waals surface area (Å²) in [6, 6.07) is 10.2. The maximum absolute atomic E-state index is 11.0. The summed E-state index contributed by atoms with van der Waals surface area (Å²) >= 11 is 0. The van der Waals surface area contributed by atoms with E-state index in [2.05, 4.69) is 6.07 Å². The molecule has 1 N–H and O–H groups in total. The van der Waals surface area contributed by atoms with Gasteiger partial charge in [-0.3, -0.25) is 0 Å². The Morgan fingerprint density at radius 3 is 2.52 bits per heavy atom. The third-order valence-electron chi connectivity index (χ3n) is 4.83. The molecular formula is C18H21NO2. The van der Waals surface area contributed by atoms with Gasteiger partial charge in [0.1, 0.15) is 17.4 Å². The van der Waals surface area contributed by atoms with Crippen LogP contribution in [0.25, 0.3) is 11.0 Å². The van der Waals surface area contributed by atoms with Gasteiger partial charge in [-0.1, -0.05) is 43.9 Å². The molecule has 0 bridgehead atoms. The predicted octanol–water partition coefficient (Wildman–Crippen LogP) is 4.64. The van der Waals surface area contributed by atoms with Gasteiger partial charge < -0.3 is 9.52 Å². The summed E-state index contributed by atoms with van der Waals surface area (Å²) in [5, 5.41) is 21.7. The number of aliphatic hydroxyl groups is 1. The lowest BCUT2D eigenvalue weighted by Gasteiger charge is -2.30. The molecule has 1 atom stereocenters. The first-order valence-corrected chi connectivity index (χ1v) is 7.75. The van der Waals surface area contributed by atoms with Gasteiger partial charge in [0.15, 0.2) is 0 Å². The fourth-order valence-electron chi connectivity index (χ4n) is 3.61. The van der Waals surface area contributed by atoms with Crippen molar-refractivity contribution in [2.45, 2.75) is 51.6 Å². The van der Waals surface area contributed by atoms with Crippen LogP contribution in [0.5, 0.6) is 0 Å². The summed E-state index contributed by atoms with van der Waals surface area (Å²) in [7, 11) is 0. The minimum Gasteiger partial charge on any atom is -0.461 e. The highest BCUT2D eigenvalue weighted by atomic mass is 16.3. The van der Waals surface area contributed by atoms with Gasteiger partial charge in [0, 0.05) is 10.9 Å². The molecule has 1 aliphatic carbocycles. The molecule has 1 saturated carbocycles. The highest BCUT2D eigenvalue weighted by molar-refractivity contribution is 5.82. The summed E-state index contributed by atoms with van der Waals surface area (Å²) in [4.78, 5) is 0. The van der Waals surface area contributed by atoms with Crippen LogP contribution in [0.15, 0.2) is 28.7 Å². The molecule has 3 nitrogen and oxygen atoms in total. The van der Waals surface area contributed by atoms with E-state index in [4.69, 9.17) is 4.42 Å². The van der Waals surface area contributed by atoms with Gasteiger partial charge in [-0.25, -0.2) is 0 Å². The van der Waals surface area contributed by atoms with Gasteiger partial charge in [-0.15, -0.1) is 0 Å². The van der Waals surface area contributed by atoms with Crippen LogP contribution in [0.3, 0.4) is 0 Å². The van der Waals surface area contributed by atoms with Crippen LogP contribution in [-0.4, -0.2) is 5.11 Å². The van der Waals surface area contributed by atoms with E-state index in [1.54, 1.807) is 0 Å². The van der Waals surface area contributed by atoms with E-state index in [1.165, 1.54) is 0 Å². The van der Waals surface area contributed by atoms with Crippen molar-refractivity contribution < 1.29 is 9.52 Å². The maximum Gasteiger partial charge on any atom is 0.134 e. The Morgan fingerprint density at radius 1 is 1.19 bits per heavy atom. The number of para-hydroxylation sites is 1. The second-order valence-electron chi connectivity index (χ2n) is 6.15. The first-order chi connectivity index (χ1) is 10.2. The van der Waals surface area contributed by atoms with E-state index >= 15 is 0 Å². The number of furan rings is 1. The van der Waals surface area contributed by atoms with E-state index in [0.29, 0.717) is 0 Å². The highest BCUT2D eigenvalue weighted by Crippen LogP contribution is 2.47. The smallest absolute Gasteiger partial charge is 0.134 e. The highest BCUT2D eigenvalue weighted by Gasteiger charge is 2.41. The SMILES string of the molecule is Cc1oc2ccccc2c1C(O)C1(C#N)CCCCCC1. The molecular weight excluding hydrogens is 262 g/mol. The van der Waals surface area contributed by atoms with Crippen LogP contribution < -0.4 is 0 Å². The number of hydrogen-bond donors (Lipinski definition) is 1. The lowest BCUT2D eigenvalue weighted by molar-refractivity contribution is 0.0515. The minimum atomic E-state index is -0.774. The summed E-state index contributed by atoms with van der Waals surface area (Å²) < 4.78 is 5.76. The number of aryl methyl sites for hydroxylation is 1. The molecule has 110 valence electrons. The van der Waals surface area contributed by atoms with E-state index < -0.39 is 11.5 Å². The molecule has 1 aromatic carbocycles. The van der Waals surface area contributed by atoms with Gasteiger partial charge in [0.2, 0.25) is 0 Å². The molecule has 3 rings (SSSR count). The van der Waals surface area contributed by atoms with Crippen molar-refractivity contribution in [2.24, 2.45) is 5.41 Å². The molecule has 3 heteroatoms. The molecule has 1 fully saturated rings. The van der Waals surface area contributed by atoms with Crippen molar-refractivity contribution in [3.63, 3.8) is 0 Å². The third-order valence-corrected chi connectivity index (χ3v) is 4.83. The van der Waals surface area contributed by atoms with Crippen LogP contribution in [0, 0.1) is 23.7 Å². The molecule has 0 aliphatic heterocycles. The number of fused-ring (bicyclic) bond motifs is 1. The monoisotopic (exact) mass is 283 g/mol. The zero-order valence-corrected chi connectivity index (χ0v) is 12.4. The Balaban J connectivity index is 2.08. The average Bonchev–Trinajstić information content (AvgIpc) is 2.68. The number of aliphatic hydroxyl groups excluding tert-OH is 1. The molecule has 0 saturated heterocycles. The van der Waals surface area contributed by atoms with Crippen molar-refractivity contribution in [1.29, 1.82) is 5.26 Å². The summed E-state index contributed by atoms with van der Waals surface area (Å²) in [6.45, 7) is 1.88. The topological polar surface area (TPSA) is 57.2 Å². The zero-order chi connectivity index (χ0) is 14.9. The molecule has 0 spiro atoms. The van der Waals surface area contributed by atoms with Crippen LogP contribution >= 0.6 is 0 Å². The number of rotatable bonds is 2. The van der Waals surface area contributed by atoms with Crippen molar-refractivity contribution in [3.8, 4) is 6.07 Å². The first-order valence-electron chi connectivity index (χ1n) is 7.75. The molecule has 0 amide bonds. The number of nitriles is 1. The average molecular weight is 283 g/mol. The third kappa shape index (κ3) is 2.34. The molecule has 21 heavy (non-hydrogen) atoms. The number of benzene rings is 1. The van der Waals surface area contributed by atoms with Crippen LogP contribution in [0.2, 0.25) is 0 Å². The summed E-state index contributed by atoms with van der Waals surface area (Å²) in [6.07, 6.45) is 5.10. The van der Waals surface area contributed by atoms with Gasteiger partial charge in [0.25, 0.3) is 0 Å². The van der Waals surface area contributed by atoms with Crippen molar-refractivity contribution in [2.75, 3.05) is 0 Å². The van der Waals surface area contributed by atoms with E-state index in [-0.39, 0.29) is 0 Å². The van der Waals surface area contributed by atoms with E-state index in [1.807, 2.05) is 31.2 Å². The van der Waals surface area contributed by atoms with Gasteiger partial charge >= 0.3 is 0 Å². The molecule has 1 unspecified atom stereocenters. The lowest BCUT2D eigenvalue weighted by atomic mass is 9.74. The van der Waals surface area contributed by atoms with Crippen LogP contribution in [0.4, 0.5) is 0 Å². The van der Waals surface area contributed by atoms with E-state index in [0.717, 1.165) is 60.8 Å². The minimum absolute atomic E-state index is 0.673. The van der Waals surface area contributed by atoms with Crippen molar-refractivity contribution in [1.82, 2.24) is 0 Å². The zero-order valence-electron chi connectivity index (χ0n) is 12.4. The Morgan fingerprint density at radius 2 is 1.86 bits per heavy atom. The van der Waals surface area contributed by atoms with Gasteiger partial charge in [-0.05, 0) is 25.8 Å². The predicted molar refractivity (Wildman–Crippen MR) is 81.7 cm³/mol. The molecule has 1 heterocycles. The Kier molecular flexibility index (Phi) is 3.73. The van der Waals surface area contributed by atoms with Crippen LogP contribution in [-0.2, 0) is 0 Å². The standard InChI is InChI=1S/C18H21NO2/c1-13-16(14-8-4-5-9-15(14)21-13)17(20)18(12-19)10-6-2-3-7-11-18/h4-5,8-9,17,20H,2-3,6-7,10-11H2,1H3. The van der Waals surface area contributed by atoms with Gasteiger partial charge in [-0.2, -0.15) is 5.26 Å². The Hall–Kier alpha value is -1.79. The quantitative estimate of drug-likeness (QED) is 0.817. The molecule has 2 aromatic rings. The van der Waals surface area contributed by atoms with E-state index in [9.17, 15) is 10.4 Å². The van der Waals surface area contributed by atoms with Crippen molar-refractivity contribution >= 4 is 11.0 Å². The second-order valence-corrected chi connectivity index (χ2v) is 6.15. The number of hydrogen-bond acceptors (Lipinski definition) is 3. The summed E-state index contributed by atoms with van der Waals surface area (Å²) in [5.74, 6) is 0.725. The second kappa shape index (κ2) is 5.54. The maximum atomic E-state index is 11.0. The normalized spacial score (nSPS) is 19.9. The van der Waals surface area contributed by atoms with Crippen molar-refractivity contribution in [3.05, 3.63) is 35.6 Å². The van der Waals surface area contributed by atoms with Gasteiger partial charge in [0.05, 0.1) is 11.5 Å². The molecule has 1 aliphatic rings. The Labute approximate surface area is 125 Å². The Bertz CT molecular complexity index is 672.